The van der Waals surface area contributed by atoms with Crippen molar-refractivity contribution in [3.63, 3.8) is 0 Å². The third-order valence-corrected chi connectivity index (χ3v) is 15.5. The molecule has 13 aromatic rings. The lowest BCUT2D eigenvalue weighted by molar-refractivity contribution is 0.513. The van der Waals surface area contributed by atoms with E-state index in [-0.39, 0.29) is 0 Å². The Kier molecular flexibility index (Phi) is 10.3. The third-order valence-electron chi connectivity index (χ3n) is 15.5. The molecule has 0 N–H and O–H groups in total. The molecule has 4 heterocycles. The minimum Gasteiger partial charge on any atom is -0.460 e. The van der Waals surface area contributed by atoms with Crippen LogP contribution < -0.4 is 0 Å². The molecule has 1 unspecified atom stereocenters. The van der Waals surface area contributed by atoms with Crippen LogP contribution in [-0.2, 0) is 6.42 Å². The first-order chi connectivity index (χ1) is 37.6. The minimum absolute atomic E-state index is 0.394. The van der Waals surface area contributed by atoms with Gasteiger partial charge in [-0.3, -0.25) is 0 Å². The van der Waals surface area contributed by atoms with Crippen LogP contribution in [0.25, 0.3) is 139 Å². The summed E-state index contributed by atoms with van der Waals surface area (Å²) in [4.78, 5) is 15.2. The van der Waals surface area contributed by atoms with Crippen LogP contribution in [0.5, 0.6) is 0 Å². The second-order valence-electron chi connectivity index (χ2n) is 20.2. The predicted molar refractivity (Wildman–Crippen MR) is 312 cm³/mol. The number of fused-ring (bicyclic) bond motifs is 9. The zero-order chi connectivity index (χ0) is 50.3. The second-order valence-corrected chi connectivity index (χ2v) is 20.2. The van der Waals surface area contributed by atoms with E-state index in [9.17, 15) is 0 Å². The standard InChI is InChI=1S/C70H48N4O2/c1-43-33-35-56-63(39-43)75-62-38-36-53(66(65(56)62)74-59-31-12-11-27-55(59)58-42-47(34-37-60(58)74)44-17-5-2-6-18-44)49-24-13-25-50(40-49)54-29-15-30-57-64-52(28-16-32-61(64)76-67(54)57)48-23-14-26-51(41-48)70-72-68(45-19-7-3-8-20-45)71-69(73-70)46-21-9-4-10-22-46/h2-9,11-21,23-38,40-43H,10,22,39H2,1H3. The molecule has 6 heteroatoms. The molecule has 9 aromatic carbocycles. The van der Waals surface area contributed by atoms with Crippen LogP contribution in [0, 0.1) is 5.92 Å². The number of nitrogens with zero attached hydrogens (tertiary/aromatic N) is 4. The summed E-state index contributed by atoms with van der Waals surface area (Å²) in [5.74, 6) is 3.45. The van der Waals surface area contributed by atoms with Crippen molar-refractivity contribution in [2.75, 3.05) is 0 Å². The molecule has 15 rings (SSSR count). The molecule has 0 aliphatic heterocycles. The van der Waals surface area contributed by atoms with Crippen LogP contribution in [0.3, 0.4) is 0 Å². The van der Waals surface area contributed by atoms with Gasteiger partial charge < -0.3 is 13.4 Å². The van der Waals surface area contributed by atoms with Crippen LogP contribution in [0.15, 0.2) is 233 Å². The van der Waals surface area contributed by atoms with Crippen LogP contribution in [-0.4, -0.2) is 19.5 Å². The number of hydrogen-bond donors (Lipinski definition) is 0. The van der Waals surface area contributed by atoms with E-state index in [0.717, 1.165) is 130 Å². The van der Waals surface area contributed by atoms with E-state index in [1.807, 2.05) is 18.2 Å². The maximum Gasteiger partial charge on any atom is 0.164 e. The van der Waals surface area contributed by atoms with Crippen LogP contribution >= 0.6 is 0 Å². The Balaban J connectivity index is 0.876. The maximum absolute atomic E-state index is 6.98. The van der Waals surface area contributed by atoms with Gasteiger partial charge in [-0.1, -0.05) is 189 Å². The zero-order valence-electron chi connectivity index (χ0n) is 41.7. The molecule has 1 atom stereocenters. The highest BCUT2D eigenvalue weighted by Gasteiger charge is 2.27. The number of hydrogen-bond acceptors (Lipinski definition) is 5. The number of rotatable bonds is 8. The summed E-state index contributed by atoms with van der Waals surface area (Å²) >= 11 is 0. The van der Waals surface area contributed by atoms with E-state index >= 15 is 0 Å². The number of aromatic nitrogens is 4. The Morgan fingerprint density at radius 3 is 1.95 bits per heavy atom. The van der Waals surface area contributed by atoms with Crippen molar-refractivity contribution in [3.8, 4) is 73.0 Å². The van der Waals surface area contributed by atoms with E-state index in [2.05, 4.69) is 224 Å². The Bertz CT molecular complexity index is 4570. The van der Waals surface area contributed by atoms with Gasteiger partial charge in [-0.15, -0.1) is 0 Å². The fourth-order valence-electron chi connectivity index (χ4n) is 11.8. The lowest BCUT2D eigenvalue weighted by Gasteiger charge is -2.17. The smallest absolute Gasteiger partial charge is 0.164 e. The van der Waals surface area contributed by atoms with Gasteiger partial charge in [0, 0.05) is 55.8 Å². The van der Waals surface area contributed by atoms with Gasteiger partial charge in [0.2, 0.25) is 0 Å². The van der Waals surface area contributed by atoms with Gasteiger partial charge in [0.15, 0.2) is 17.5 Å². The van der Waals surface area contributed by atoms with E-state index in [4.69, 9.17) is 23.8 Å². The molecule has 0 radical (unpaired) electrons. The first-order valence-corrected chi connectivity index (χ1v) is 26.3. The highest BCUT2D eigenvalue weighted by Crippen LogP contribution is 2.47. The molecule has 0 fully saturated rings. The molecule has 2 aliphatic carbocycles. The summed E-state index contributed by atoms with van der Waals surface area (Å²) in [5, 5.41) is 5.66. The summed E-state index contributed by atoms with van der Waals surface area (Å²) in [5.41, 5.74) is 18.9. The van der Waals surface area contributed by atoms with Crippen LogP contribution in [0.2, 0.25) is 0 Å². The Morgan fingerprint density at radius 2 is 1.12 bits per heavy atom. The quantitative estimate of drug-likeness (QED) is 0.152. The molecule has 0 spiro atoms. The summed E-state index contributed by atoms with van der Waals surface area (Å²) in [6.07, 6.45) is 13.7. The van der Waals surface area contributed by atoms with Crippen molar-refractivity contribution in [2.24, 2.45) is 5.92 Å². The number of para-hydroxylation sites is 2. The van der Waals surface area contributed by atoms with Crippen molar-refractivity contribution in [2.45, 2.75) is 26.2 Å². The van der Waals surface area contributed by atoms with Crippen molar-refractivity contribution >= 4 is 66.4 Å². The van der Waals surface area contributed by atoms with Crippen molar-refractivity contribution in [3.05, 3.63) is 242 Å². The van der Waals surface area contributed by atoms with Gasteiger partial charge in [-0.05, 0) is 106 Å². The monoisotopic (exact) mass is 976 g/mol. The lowest BCUT2D eigenvalue weighted by atomic mass is 9.91. The van der Waals surface area contributed by atoms with E-state index in [0.29, 0.717) is 23.4 Å². The summed E-state index contributed by atoms with van der Waals surface area (Å²) < 4.78 is 16.3. The lowest BCUT2D eigenvalue weighted by Crippen LogP contribution is -2.03. The zero-order valence-corrected chi connectivity index (χ0v) is 41.7. The number of furan rings is 2. The minimum atomic E-state index is 0.394. The van der Waals surface area contributed by atoms with E-state index in [1.54, 1.807) is 0 Å². The fourth-order valence-corrected chi connectivity index (χ4v) is 11.8. The van der Waals surface area contributed by atoms with Crippen molar-refractivity contribution in [1.82, 2.24) is 19.5 Å². The van der Waals surface area contributed by atoms with Crippen LogP contribution in [0.4, 0.5) is 0 Å². The van der Waals surface area contributed by atoms with Gasteiger partial charge in [-0.2, -0.15) is 0 Å². The van der Waals surface area contributed by atoms with Gasteiger partial charge in [0.25, 0.3) is 0 Å². The normalized spacial score (nSPS) is 14.3. The average molecular weight is 977 g/mol. The largest absolute Gasteiger partial charge is 0.460 e. The molecule has 4 aromatic heterocycles. The maximum atomic E-state index is 6.98. The highest BCUT2D eigenvalue weighted by molar-refractivity contribution is 6.16. The van der Waals surface area contributed by atoms with Gasteiger partial charge >= 0.3 is 0 Å². The van der Waals surface area contributed by atoms with Crippen LogP contribution in [0.1, 0.15) is 36.9 Å². The summed E-state index contributed by atoms with van der Waals surface area (Å²) in [6.45, 7) is 2.26. The molecule has 6 nitrogen and oxygen atoms in total. The molecular weight excluding hydrogens is 929 g/mol. The summed E-state index contributed by atoms with van der Waals surface area (Å²) in [6, 6.07) is 71.4. The molecule has 360 valence electrons. The number of allylic oxidation sites excluding steroid dienone is 5. The third kappa shape index (κ3) is 7.28. The Labute approximate surface area is 439 Å². The molecule has 0 saturated heterocycles. The predicted octanol–water partition coefficient (Wildman–Crippen LogP) is 18.6. The molecule has 0 amide bonds. The molecule has 2 aliphatic rings. The fraction of sp³-hybridized carbons (Fsp3) is 0.0714. The Hall–Kier alpha value is -9.65. The number of benzene rings is 9. The molecule has 76 heavy (non-hydrogen) atoms. The van der Waals surface area contributed by atoms with E-state index in [1.165, 1.54) is 21.9 Å². The average Bonchev–Trinajstić information content (AvgIpc) is 4.28. The molecule has 0 bridgehead atoms. The first kappa shape index (κ1) is 43.9. The molecule has 0 saturated carbocycles. The van der Waals surface area contributed by atoms with Gasteiger partial charge in [0.05, 0.1) is 22.1 Å². The second kappa shape index (κ2) is 17.8. The molecular formula is C70H48N4O2. The first-order valence-electron chi connectivity index (χ1n) is 26.3. The van der Waals surface area contributed by atoms with Gasteiger partial charge in [-0.25, -0.2) is 15.0 Å². The summed E-state index contributed by atoms with van der Waals surface area (Å²) in [7, 11) is 0. The Morgan fingerprint density at radius 1 is 0.474 bits per heavy atom. The van der Waals surface area contributed by atoms with Crippen molar-refractivity contribution < 1.29 is 8.83 Å². The topological polar surface area (TPSA) is 69.9 Å². The van der Waals surface area contributed by atoms with Gasteiger partial charge in [0.1, 0.15) is 22.5 Å². The SMILES string of the molecule is CC1C=Cc2c(oc3ccc(-c4cccc(-c5cccc6c5oc5cccc(-c7cccc(-c8nc(C9=CC=CCC9)nc(-c9ccccc9)n8)c7)c56)c4)c(-n4c5ccccc5c5cc(-c6ccccc6)ccc54)c23)C1. The van der Waals surface area contributed by atoms with Crippen molar-refractivity contribution in [1.29, 1.82) is 0 Å². The highest BCUT2D eigenvalue weighted by atomic mass is 16.3. The van der Waals surface area contributed by atoms with E-state index < -0.39 is 0 Å².